The fourth-order valence-corrected chi connectivity index (χ4v) is 3.45. The van der Waals surface area contributed by atoms with Gasteiger partial charge in [0.1, 0.15) is 5.82 Å². The van der Waals surface area contributed by atoms with Gasteiger partial charge in [-0.25, -0.2) is 4.39 Å². The summed E-state index contributed by atoms with van der Waals surface area (Å²) in [6, 6.07) is 6.91. The molecule has 4 nitrogen and oxygen atoms in total. The van der Waals surface area contributed by atoms with Gasteiger partial charge in [-0.2, -0.15) is 0 Å². The van der Waals surface area contributed by atoms with Crippen LogP contribution < -0.4 is 4.90 Å². The molecule has 1 aromatic carbocycles. The summed E-state index contributed by atoms with van der Waals surface area (Å²) in [6.45, 7) is 4.88. The maximum Gasteiger partial charge on any atom is 0.282 e. The first-order chi connectivity index (χ1) is 9.74. The van der Waals surface area contributed by atoms with E-state index in [2.05, 4.69) is 9.80 Å². The normalized spacial score (nSPS) is 20.8. The summed E-state index contributed by atoms with van der Waals surface area (Å²) in [5.74, 6) is 0.737. The summed E-state index contributed by atoms with van der Waals surface area (Å²) in [5.41, 5.74) is 0.681. The molecule has 2 heterocycles. The lowest BCUT2D eigenvalue weighted by Gasteiger charge is -2.37. The minimum Gasteiger partial charge on any atom is -0.367 e. The highest BCUT2D eigenvalue weighted by Gasteiger charge is 2.25. The lowest BCUT2D eigenvalue weighted by molar-refractivity contribution is 0.156. The van der Waals surface area contributed by atoms with Crippen molar-refractivity contribution < 1.29 is 9.18 Å². The molecule has 2 saturated heterocycles. The Morgan fingerprint density at radius 1 is 1.10 bits per heavy atom. The Morgan fingerprint density at radius 3 is 2.50 bits per heavy atom. The van der Waals surface area contributed by atoms with E-state index in [0.717, 1.165) is 38.5 Å². The molecular weight excluding hydrogens is 277 g/mol. The van der Waals surface area contributed by atoms with Crippen LogP contribution in [0.4, 0.5) is 14.9 Å². The van der Waals surface area contributed by atoms with Crippen molar-refractivity contribution in [2.24, 2.45) is 0 Å². The molecule has 0 unspecified atom stereocenters. The molecule has 6 heteroatoms. The van der Waals surface area contributed by atoms with Crippen molar-refractivity contribution >= 4 is 22.7 Å². The Labute approximate surface area is 122 Å². The molecule has 2 aliphatic heterocycles. The number of hydrogen-bond donors (Lipinski definition) is 0. The second kappa shape index (κ2) is 6.01. The minimum atomic E-state index is -0.160. The Balaban J connectivity index is 1.54. The second-order valence-electron chi connectivity index (χ2n) is 5.08. The van der Waals surface area contributed by atoms with E-state index < -0.39 is 0 Å². The molecule has 0 N–H and O–H groups in total. The average Bonchev–Trinajstić information content (AvgIpc) is 2.86. The van der Waals surface area contributed by atoms with Crippen molar-refractivity contribution in [3.8, 4) is 0 Å². The van der Waals surface area contributed by atoms with Gasteiger partial charge in [-0.1, -0.05) is 23.9 Å². The smallest absolute Gasteiger partial charge is 0.282 e. The zero-order valence-corrected chi connectivity index (χ0v) is 12.1. The number of benzene rings is 1. The number of anilines is 1. The lowest BCUT2D eigenvalue weighted by Crippen LogP contribution is -2.50. The molecular formula is C14H18FN3OS. The lowest BCUT2D eigenvalue weighted by atomic mass is 10.2. The Hall–Kier alpha value is -1.27. The SMILES string of the molecule is O=C1SCCN1CN1CCN(c2ccccc2F)CC1. The molecule has 1 amide bonds. The van der Waals surface area contributed by atoms with Gasteiger partial charge in [-0.15, -0.1) is 0 Å². The first-order valence-corrected chi connectivity index (χ1v) is 7.86. The monoisotopic (exact) mass is 295 g/mol. The molecule has 0 saturated carbocycles. The summed E-state index contributed by atoms with van der Waals surface area (Å²) in [5, 5.41) is 0.182. The molecule has 0 atom stereocenters. The molecule has 108 valence electrons. The summed E-state index contributed by atoms with van der Waals surface area (Å²) < 4.78 is 13.7. The number of amides is 1. The summed E-state index contributed by atoms with van der Waals surface area (Å²) in [4.78, 5) is 17.8. The third-order valence-electron chi connectivity index (χ3n) is 3.78. The highest BCUT2D eigenvalue weighted by Crippen LogP contribution is 2.21. The highest BCUT2D eigenvalue weighted by molar-refractivity contribution is 8.13. The van der Waals surface area contributed by atoms with Gasteiger partial charge in [0.15, 0.2) is 0 Å². The van der Waals surface area contributed by atoms with E-state index >= 15 is 0 Å². The molecule has 0 radical (unpaired) electrons. The standard InChI is InChI=1S/C14H18FN3OS/c15-12-3-1-2-4-13(12)17-7-5-16(6-8-17)11-18-9-10-20-14(18)19/h1-4H,5-11H2. The Morgan fingerprint density at radius 2 is 1.85 bits per heavy atom. The summed E-state index contributed by atoms with van der Waals surface area (Å²) >= 11 is 1.39. The quantitative estimate of drug-likeness (QED) is 0.853. The van der Waals surface area contributed by atoms with Gasteiger partial charge >= 0.3 is 0 Å². The topological polar surface area (TPSA) is 26.8 Å². The first kappa shape index (κ1) is 13.7. The molecule has 20 heavy (non-hydrogen) atoms. The van der Waals surface area contributed by atoms with Gasteiger partial charge in [0, 0.05) is 38.5 Å². The van der Waals surface area contributed by atoms with Crippen LogP contribution in [0.2, 0.25) is 0 Å². The molecule has 2 fully saturated rings. The molecule has 0 aliphatic carbocycles. The number of nitrogens with zero attached hydrogens (tertiary/aromatic N) is 3. The first-order valence-electron chi connectivity index (χ1n) is 6.87. The van der Waals surface area contributed by atoms with Gasteiger partial charge in [-0.3, -0.25) is 9.69 Å². The van der Waals surface area contributed by atoms with Crippen LogP contribution in [0.1, 0.15) is 0 Å². The zero-order chi connectivity index (χ0) is 13.9. The van der Waals surface area contributed by atoms with Crippen molar-refractivity contribution in [3.63, 3.8) is 0 Å². The molecule has 0 bridgehead atoms. The summed E-state index contributed by atoms with van der Waals surface area (Å²) in [7, 11) is 0. The number of rotatable bonds is 3. The van der Waals surface area contributed by atoms with Crippen LogP contribution >= 0.6 is 11.8 Å². The van der Waals surface area contributed by atoms with Crippen molar-refractivity contribution in [1.29, 1.82) is 0 Å². The van der Waals surface area contributed by atoms with Crippen LogP contribution in [0.25, 0.3) is 0 Å². The number of para-hydroxylation sites is 1. The maximum atomic E-state index is 13.7. The van der Waals surface area contributed by atoms with Crippen LogP contribution in [0, 0.1) is 5.82 Å². The number of hydrogen-bond acceptors (Lipinski definition) is 4. The van der Waals surface area contributed by atoms with Gasteiger partial charge in [0.2, 0.25) is 0 Å². The van der Waals surface area contributed by atoms with Crippen molar-refractivity contribution in [1.82, 2.24) is 9.80 Å². The van der Waals surface area contributed by atoms with Crippen LogP contribution in [0.15, 0.2) is 24.3 Å². The van der Waals surface area contributed by atoms with Gasteiger partial charge in [0.05, 0.1) is 12.4 Å². The Bertz CT molecular complexity index is 491. The largest absolute Gasteiger partial charge is 0.367 e. The van der Waals surface area contributed by atoms with E-state index in [1.54, 1.807) is 6.07 Å². The number of thioether (sulfide) groups is 1. The predicted molar refractivity (Wildman–Crippen MR) is 79.6 cm³/mol. The number of halogens is 1. The van der Waals surface area contributed by atoms with Crippen LogP contribution in [-0.4, -0.2) is 60.2 Å². The van der Waals surface area contributed by atoms with E-state index in [9.17, 15) is 9.18 Å². The van der Waals surface area contributed by atoms with Gasteiger partial charge in [0.25, 0.3) is 5.24 Å². The number of piperazine rings is 1. The highest BCUT2D eigenvalue weighted by atomic mass is 32.2. The Kier molecular flexibility index (Phi) is 4.12. The number of carbonyl (C=O) groups excluding carboxylic acids is 1. The van der Waals surface area contributed by atoms with E-state index in [1.807, 2.05) is 17.0 Å². The van der Waals surface area contributed by atoms with Crippen molar-refractivity contribution in [3.05, 3.63) is 30.1 Å². The fraction of sp³-hybridized carbons (Fsp3) is 0.500. The van der Waals surface area contributed by atoms with Crippen LogP contribution in [0.5, 0.6) is 0 Å². The van der Waals surface area contributed by atoms with E-state index in [4.69, 9.17) is 0 Å². The minimum absolute atomic E-state index is 0.160. The second-order valence-corrected chi connectivity index (χ2v) is 6.12. The van der Waals surface area contributed by atoms with E-state index in [1.165, 1.54) is 17.8 Å². The molecule has 0 aromatic heterocycles. The van der Waals surface area contributed by atoms with Crippen molar-refractivity contribution in [2.45, 2.75) is 0 Å². The van der Waals surface area contributed by atoms with Crippen LogP contribution in [0.3, 0.4) is 0 Å². The predicted octanol–water partition coefficient (Wildman–Crippen LogP) is 2.07. The van der Waals surface area contributed by atoms with Crippen molar-refractivity contribution in [2.75, 3.05) is 50.0 Å². The van der Waals surface area contributed by atoms with E-state index in [0.29, 0.717) is 12.4 Å². The third kappa shape index (κ3) is 2.91. The zero-order valence-electron chi connectivity index (χ0n) is 11.3. The van der Waals surface area contributed by atoms with Crippen LogP contribution in [-0.2, 0) is 0 Å². The summed E-state index contributed by atoms with van der Waals surface area (Å²) in [6.07, 6.45) is 0. The third-order valence-corrected chi connectivity index (χ3v) is 4.67. The molecule has 3 rings (SSSR count). The van der Waals surface area contributed by atoms with Gasteiger partial charge in [-0.05, 0) is 12.1 Å². The molecule has 2 aliphatic rings. The van der Waals surface area contributed by atoms with E-state index in [-0.39, 0.29) is 11.1 Å². The average molecular weight is 295 g/mol. The maximum absolute atomic E-state index is 13.7. The molecule has 1 aromatic rings. The number of carbonyl (C=O) groups is 1. The van der Waals surface area contributed by atoms with Gasteiger partial charge < -0.3 is 9.80 Å². The molecule has 0 spiro atoms. The fourth-order valence-electron chi connectivity index (χ4n) is 2.63.